The predicted molar refractivity (Wildman–Crippen MR) is 93.1 cm³/mol. The molecule has 0 radical (unpaired) electrons. The summed E-state index contributed by atoms with van der Waals surface area (Å²) in [6.07, 6.45) is 3.22. The number of nitrogens with one attached hydrogen (secondary N) is 1. The topological polar surface area (TPSA) is 71.1 Å². The van der Waals surface area contributed by atoms with Gasteiger partial charge in [-0.15, -0.1) is 0 Å². The number of piperidine rings is 1. The smallest absolute Gasteiger partial charge is 0.225 e. The summed E-state index contributed by atoms with van der Waals surface area (Å²) in [5.41, 5.74) is 0. The van der Waals surface area contributed by atoms with E-state index in [1.807, 2.05) is 4.90 Å². The maximum Gasteiger partial charge on any atom is 0.225 e. The average Bonchev–Trinajstić information content (AvgIpc) is 2.69. The van der Waals surface area contributed by atoms with Gasteiger partial charge in [-0.3, -0.25) is 14.5 Å². The lowest BCUT2D eigenvalue weighted by molar-refractivity contribution is -0.141. The van der Waals surface area contributed by atoms with Crippen molar-refractivity contribution >= 4 is 11.8 Å². The average molecular weight is 353 g/mol. The Kier molecular flexibility index (Phi) is 7.07. The molecule has 3 saturated heterocycles. The molecule has 1 N–H and O–H groups in total. The third-order valence-corrected chi connectivity index (χ3v) is 5.58. The van der Waals surface area contributed by atoms with Crippen LogP contribution in [0.1, 0.15) is 25.7 Å². The molecule has 0 aromatic rings. The Balaban J connectivity index is 1.33. The lowest BCUT2D eigenvalue weighted by atomic mass is 9.93. The molecule has 25 heavy (non-hydrogen) atoms. The summed E-state index contributed by atoms with van der Waals surface area (Å²) in [5.74, 6) is 0.567. The molecule has 0 unspecified atom stereocenters. The van der Waals surface area contributed by atoms with Crippen molar-refractivity contribution in [3.05, 3.63) is 0 Å². The van der Waals surface area contributed by atoms with E-state index in [-0.39, 0.29) is 23.7 Å². The summed E-state index contributed by atoms with van der Waals surface area (Å²) in [6.45, 7) is 7.84. The predicted octanol–water partition coefficient (Wildman–Crippen LogP) is 0.100. The van der Waals surface area contributed by atoms with Gasteiger partial charge in [-0.2, -0.15) is 0 Å². The van der Waals surface area contributed by atoms with E-state index in [4.69, 9.17) is 9.47 Å². The summed E-state index contributed by atoms with van der Waals surface area (Å²) in [4.78, 5) is 29.1. The van der Waals surface area contributed by atoms with Gasteiger partial charge in [-0.05, 0) is 25.7 Å². The second-order valence-electron chi connectivity index (χ2n) is 7.23. The van der Waals surface area contributed by atoms with Crippen molar-refractivity contribution in [1.82, 2.24) is 15.1 Å². The molecule has 0 aromatic carbocycles. The maximum absolute atomic E-state index is 12.5. The number of ether oxygens (including phenoxy) is 2. The molecule has 7 nitrogen and oxygen atoms in total. The number of likely N-dealkylation sites (tertiary alicyclic amines) is 1. The minimum atomic E-state index is 0.0448. The molecule has 2 amide bonds. The van der Waals surface area contributed by atoms with Gasteiger partial charge in [0.2, 0.25) is 11.8 Å². The van der Waals surface area contributed by atoms with E-state index in [9.17, 15) is 9.59 Å². The number of amides is 2. The van der Waals surface area contributed by atoms with Gasteiger partial charge < -0.3 is 19.7 Å². The van der Waals surface area contributed by atoms with E-state index in [1.165, 1.54) is 0 Å². The first-order valence-corrected chi connectivity index (χ1v) is 9.68. The number of hydrogen-bond donors (Lipinski definition) is 1. The highest BCUT2D eigenvalue weighted by molar-refractivity contribution is 5.81. The standard InChI is InChI=1S/C18H31N3O4/c22-17(19-5-8-20-9-13-25-14-10-20)15-1-6-21(7-2-15)18(23)16-3-11-24-12-4-16/h15-16H,1-14H2,(H,19,22). The number of carbonyl (C=O) groups is 2. The zero-order chi connectivity index (χ0) is 17.5. The summed E-state index contributed by atoms with van der Waals surface area (Å²) in [5, 5.41) is 3.07. The highest BCUT2D eigenvalue weighted by Gasteiger charge is 2.31. The summed E-state index contributed by atoms with van der Waals surface area (Å²) < 4.78 is 10.7. The zero-order valence-corrected chi connectivity index (χ0v) is 15.1. The Hall–Kier alpha value is -1.18. The lowest BCUT2D eigenvalue weighted by Gasteiger charge is -2.34. The normalized spacial score (nSPS) is 24.2. The van der Waals surface area contributed by atoms with Crippen LogP contribution in [0.15, 0.2) is 0 Å². The van der Waals surface area contributed by atoms with Crippen LogP contribution in [0.25, 0.3) is 0 Å². The number of rotatable bonds is 5. The number of morpholine rings is 1. The largest absolute Gasteiger partial charge is 0.381 e. The van der Waals surface area contributed by atoms with Crippen molar-refractivity contribution in [2.75, 3.05) is 65.7 Å². The summed E-state index contributed by atoms with van der Waals surface area (Å²) in [7, 11) is 0. The fraction of sp³-hybridized carbons (Fsp3) is 0.889. The molecule has 3 rings (SSSR count). The van der Waals surface area contributed by atoms with Crippen LogP contribution in [-0.4, -0.2) is 87.3 Å². The first kappa shape index (κ1) is 18.6. The van der Waals surface area contributed by atoms with Crippen LogP contribution >= 0.6 is 0 Å². The Morgan fingerprint density at radius 2 is 1.48 bits per heavy atom. The number of nitrogens with zero attached hydrogens (tertiary/aromatic N) is 2. The number of carbonyl (C=O) groups excluding carboxylic acids is 2. The lowest BCUT2D eigenvalue weighted by Crippen LogP contribution is -2.47. The Bertz CT molecular complexity index is 440. The van der Waals surface area contributed by atoms with E-state index >= 15 is 0 Å². The van der Waals surface area contributed by atoms with E-state index < -0.39 is 0 Å². The van der Waals surface area contributed by atoms with Gasteiger partial charge in [0, 0.05) is 64.3 Å². The van der Waals surface area contributed by atoms with Crippen LogP contribution < -0.4 is 5.32 Å². The molecule has 0 spiro atoms. The third-order valence-electron chi connectivity index (χ3n) is 5.58. The van der Waals surface area contributed by atoms with Crippen molar-refractivity contribution in [3.63, 3.8) is 0 Å². The molecule has 0 aromatic heterocycles. The minimum absolute atomic E-state index is 0.0448. The fourth-order valence-corrected chi connectivity index (χ4v) is 3.87. The van der Waals surface area contributed by atoms with E-state index in [0.29, 0.717) is 32.8 Å². The quantitative estimate of drug-likeness (QED) is 0.759. The van der Waals surface area contributed by atoms with Crippen LogP contribution in [-0.2, 0) is 19.1 Å². The van der Waals surface area contributed by atoms with Gasteiger partial charge >= 0.3 is 0 Å². The van der Waals surface area contributed by atoms with Crippen molar-refractivity contribution in [1.29, 1.82) is 0 Å². The van der Waals surface area contributed by atoms with Gasteiger partial charge in [0.15, 0.2) is 0 Å². The van der Waals surface area contributed by atoms with Gasteiger partial charge in [0.1, 0.15) is 0 Å². The van der Waals surface area contributed by atoms with E-state index in [0.717, 1.165) is 58.5 Å². The van der Waals surface area contributed by atoms with Crippen molar-refractivity contribution in [2.24, 2.45) is 11.8 Å². The van der Waals surface area contributed by atoms with Gasteiger partial charge in [-0.1, -0.05) is 0 Å². The first-order valence-electron chi connectivity index (χ1n) is 9.68. The highest BCUT2D eigenvalue weighted by atomic mass is 16.5. The molecule has 3 aliphatic rings. The molecule has 0 bridgehead atoms. The second kappa shape index (κ2) is 9.50. The zero-order valence-electron chi connectivity index (χ0n) is 15.1. The van der Waals surface area contributed by atoms with Crippen LogP contribution in [0.2, 0.25) is 0 Å². The van der Waals surface area contributed by atoms with Crippen LogP contribution in [0.3, 0.4) is 0 Å². The van der Waals surface area contributed by atoms with Crippen molar-refractivity contribution in [2.45, 2.75) is 25.7 Å². The summed E-state index contributed by atoms with van der Waals surface area (Å²) in [6, 6.07) is 0. The molecular formula is C18H31N3O4. The molecule has 0 saturated carbocycles. The Labute approximate surface area is 150 Å². The Morgan fingerprint density at radius 1 is 0.840 bits per heavy atom. The molecule has 0 atom stereocenters. The van der Waals surface area contributed by atoms with Crippen LogP contribution in [0.5, 0.6) is 0 Å². The van der Waals surface area contributed by atoms with Crippen LogP contribution in [0.4, 0.5) is 0 Å². The molecule has 3 heterocycles. The first-order chi connectivity index (χ1) is 12.2. The molecule has 142 valence electrons. The summed E-state index contributed by atoms with van der Waals surface area (Å²) >= 11 is 0. The SMILES string of the molecule is O=C(NCCN1CCOCC1)C1CCN(C(=O)C2CCOCC2)CC1. The Morgan fingerprint density at radius 3 is 2.16 bits per heavy atom. The van der Waals surface area contributed by atoms with Crippen LogP contribution in [0, 0.1) is 11.8 Å². The van der Waals surface area contributed by atoms with E-state index in [2.05, 4.69) is 10.2 Å². The van der Waals surface area contributed by atoms with Crippen molar-refractivity contribution in [3.8, 4) is 0 Å². The molecule has 3 aliphatic heterocycles. The number of hydrogen-bond acceptors (Lipinski definition) is 5. The van der Waals surface area contributed by atoms with Gasteiger partial charge in [0.05, 0.1) is 13.2 Å². The maximum atomic E-state index is 12.5. The molecule has 3 fully saturated rings. The second-order valence-corrected chi connectivity index (χ2v) is 7.23. The monoisotopic (exact) mass is 353 g/mol. The van der Waals surface area contributed by atoms with Gasteiger partial charge in [0.25, 0.3) is 0 Å². The third kappa shape index (κ3) is 5.39. The fourth-order valence-electron chi connectivity index (χ4n) is 3.87. The highest BCUT2D eigenvalue weighted by Crippen LogP contribution is 2.23. The van der Waals surface area contributed by atoms with Crippen molar-refractivity contribution < 1.29 is 19.1 Å². The minimum Gasteiger partial charge on any atom is -0.381 e. The molecule has 0 aliphatic carbocycles. The van der Waals surface area contributed by atoms with E-state index in [1.54, 1.807) is 0 Å². The van der Waals surface area contributed by atoms with Gasteiger partial charge in [-0.25, -0.2) is 0 Å². The molecular weight excluding hydrogens is 322 g/mol. The molecule has 7 heteroatoms.